The van der Waals surface area contributed by atoms with Crippen molar-refractivity contribution in [2.45, 2.75) is 39.2 Å². The van der Waals surface area contributed by atoms with Crippen molar-refractivity contribution in [2.24, 2.45) is 11.8 Å². The molecule has 2 saturated heterocycles. The van der Waals surface area contributed by atoms with Gasteiger partial charge in [-0.2, -0.15) is 0 Å². The maximum Gasteiger partial charge on any atom is 0.320 e. The number of carbonyl (C=O) groups excluding carboxylic acids is 1. The van der Waals surface area contributed by atoms with Gasteiger partial charge in [-0.15, -0.1) is 0 Å². The third-order valence-electron chi connectivity index (χ3n) is 4.60. The van der Waals surface area contributed by atoms with Crippen LogP contribution in [-0.2, 0) is 9.53 Å². The van der Waals surface area contributed by atoms with Gasteiger partial charge in [0.25, 0.3) is 0 Å². The van der Waals surface area contributed by atoms with Crippen LogP contribution >= 0.6 is 0 Å². The number of nitrogens with zero attached hydrogens (tertiary/aromatic N) is 1. The molecule has 0 aliphatic carbocycles. The third-order valence-corrected chi connectivity index (χ3v) is 4.60. The Morgan fingerprint density at radius 3 is 2.89 bits per heavy atom. The smallest absolute Gasteiger partial charge is 0.320 e. The number of esters is 1. The second kappa shape index (κ2) is 5.57. The summed E-state index contributed by atoms with van der Waals surface area (Å²) in [6.07, 6.45) is 2.03. The second-order valence-electron chi connectivity index (χ2n) is 6.13. The highest BCUT2D eigenvalue weighted by Gasteiger charge is 2.49. The summed E-state index contributed by atoms with van der Waals surface area (Å²) in [5, 5.41) is 3.45. The van der Waals surface area contributed by atoms with Crippen LogP contribution in [0.2, 0.25) is 0 Å². The molecule has 2 fully saturated rings. The summed E-state index contributed by atoms with van der Waals surface area (Å²) >= 11 is 0. The number of ether oxygens (including phenoxy) is 1. The Labute approximate surface area is 110 Å². The summed E-state index contributed by atoms with van der Waals surface area (Å²) in [6, 6.07) is 0. The van der Waals surface area contributed by atoms with E-state index in [9.17, 15) is 4.79 Å². The summed E-state index contributed by atoms with van der Waals surface area (Å²) in [5.74, 6) is 1.30. The van der Waals surface area contributed by atoms with Crippen molar-refractivity contribution >= 4 is 5.97 Å². The summed E-state index contributed by atoms with van der Waals surface area (Å²) in [6.45, 7) is 10.8. The first-order valence-corrected chi connectivity index (χ1v) is 7.17. The maximum atomic E-state index is 11.8. The fourth-order valence-corrected chi connectivity index (χ4v) is 3.30. The van der Waals surface area contributed by atoms with Crippen molar-refractivity contribution in [3.8, 4) is 0 Å². The number of unbranched alkanes of at least 4 members (excludes halogenated alkanes) is 1. The van der Waals surface area contributed by atoms with Crippen LogP contribution in [0.4, 0.5) is 0 Å². The van der Waals surface area contributed by atoms with Crippen LogP contribution in [0.25, 0.3) is 0 Å². The van der Waals surface area contributed by atoms with E-state index in [1.54, 1.807) is 0 Å². The SMILES string of the molecule is CCCCOC(=O)CN1CC2CNCC2C1(C)C. The molecule has 2 atom stereocenters. The molecule has 2 rings (SSSR count). The highest BCUT2D eigenvalue weighted by atomic mass is 16.5. The molecule has 0 aromatic heterocycles. The number of fused-ring (bicyclic) bond motifs is 1. The van der Waals surface area contributed by atoms with Crippen LogP contribution in [0.1, 0.15) is 33.6 Å². The van der Waals surface area contributed by atoms with E-state index in [-0.39, 0.29) is 11.5 Å². The molecule has 2 aliphatic rings. The van der Waals surface area contributed by atoms with Gasteiger partial charge in [0.2, 0.25) is 0 Å². The van der Waals surface area contributed by atoms with E-state index in [0.717, 1.165) is 32.5 Å². The first-order chi connectivity index (χ1) is 8.55. The molecular formula is C14H26N2O2. The van der Waals surface area contributed by atoms with Gasteiger partial charge in [-0.25, -0.2) is 0 Å². The number of hydrogen-bond donors (Lipinski definition) is 1. The van der Waals surface area contributed by atoms with Crippen molar-refractivity contribution in [1.29, 1.82) is 0 Å². The standard InChI is InChI=1S/C14H26N2O2/c1-4-5-6-18-13(17)10-16-9-11-7-15-8-12(11)14(16,2)3/h11-12,15H,4-10H2,1-3H3. The Balaban J connectivity index is 1.84. The third kappa shape index (κ3) is 2.69. The largest absolute Gasteiger partial charge is 0.465 e. The molecule has 4 nitrogen and oxygen atoms in total. The van der Waals surface area contributed by atoms with Crippen molar-refractivity contribution in [3.63, 3.8) is 0 Å². The molecule has 0 spiro atoms. The molecule has 0 saturated carbocycles. The number of likely N-dealkylation sites (tertiary alicyclic amines) is 1. The first kappa shape index (κ1) is 13.8. The Bertz CT molecular complexity index is 304. The van der Waals surface area contributed by atoms with Crippen molar-refractivity contribution in [3.05, 3.63) is 0 Å². The Kier molecular flexibility index (Phi) is 4.28. The average Bonchev–Trinajstić information content (AvgIpc) is 2.84. The molecule has 4 heteroatoms. The van der Waals surface area contributed by atoms with Crippen LogP contribution in [0, 0.1) is 11.8 Å². The molecule has 0 amide bonds. The van der Waals surface area contributed by atoms with Crippen LogP contribution in [0.3, 0.4) is 0 Å². The zero-order chi connectivity index (χ0) is 13.2. The van der Waals surface area contributed by atoms with Crippen LogP contribution in [-0.4, -0.2) is 49.2 Å². The van der Waals surface area contributed by atoms with Crippen LogP contribution in [0.15, 0.2) is 0 Å². The molecule has 0 radical (unpaired) electrons. The van der Waals surface area contributed by atoms with E-state index in [1.807, 2.05) is 0 Å². The van der Waals surface area contributed by atoms with Crippen LogP contribution < -0.4 is 5.32 Å². The minimum Gasteiger partial charge on any atom is -0.465 e. The predicted molar refractivity (Wildman–Crippen MR) is 71.4 cm³/mol. The van der Waals surface area contributed by atoms with E-state index in [1.165, 1.54) is 0 Å². The van der Waals surface area contributed by atoms with Gasteiger partial charge >= 0.3 is 5.97 Å². The van der Waals surface area contributed by atoms with E-state index in [2.05, 4.69) is 31.0 Å². The summed E-state index contributed by atoms with van der Waals surface area (Å²) < 4.78 is 5.26. The molecule has 2 heterocycles. The number of nitrogens with one attached hydrogen (secondary N) is 1. The molecule has 2 unspecified atom stereocenters. The van der Waals surface area contributed by atoms with Gasteiger partial charge < -0.3 is 10.1 Å². The van der Waals surface area contributed by atoms with Gasteiger partial charge in [0.05, 0.1) is 13.2 Å². The molecule has 104 valence electrons. The normalized spacial score (nSPS) is 30.4. The molecule has 18 heavy (non-hydrogen) atoms. The molecule has 1 N–H and O–H groups in total. The Morgan fingerprint density at radius 1 is 1.44 bits per heavy atom. The molecule has 0 bridgehead atoms. The first-order valence-electron chi connectivity index (χ1n) is 7.17. The van der Waals surface area contributed by atoms with E-state index in [0.29, 0.717) is 25.0 Å². The van der Waals surface area contributed by atoms with E-state index < -0.39 is 0 Å². The molecular weight excluding hydrogens is 228 g/mol. The lowest BCUT2D eigenvalue weighted by atomic mass is 9.85. The zero-order valence-corrected chi connectivity index (χ0v) is 11.9. The van der Waals surface area contributed by atoms with Gasteiger partial charge in [0, 0.05) is 18.6 Å². The van der Waals surface area contributed by atoms with Crippen molar-refractivity contribution < 1.29 is 9.53 Å². The van der Waals surface area contributed by atoms with Gasteiger partial charge in [0.15, 0.2) is 0 Å². The molecule has 2 aliphatic heterocycles. The minimum atomic E-state index is -0.0653. The molecule has 0 aromatic rings. The average molecular weight is 254 g/mol. The summed E-state index contributed by atoms with van der Waals surface area (Å²) in [7, 11) is 0. The monoisotopic (exact) mass is 254 g/mol. The van der Waals surface area contributed by atoms with E-state index >= 15 is 0 Å². The van der Waals surface area contributed by atoms with Crippen LogP contribution in [0.5, 0.6) is 0 Å². The fourth-order valence-electron chi connectivity index (χ4n) is 3.30. The quantitative estimate of drug-likeness (QED) is 0.592. The number of carbonyl (C=O) groups is 1. The molecule has 0 aromatic carbocycles. The second-order valence-corrected chi connectivity index (χ2v) is 6.13. The zero-order valence-electron chi connectivity index (χ0n) is 11.9. The van der Waals surface area contributed by atoms with E-state index in [4.69, 9.17) is 4.74 Å². The topological polar surface area (TPSA) is 41.6 Å². The lowest BCUT2D eigenvalue weighted by Crippen LogP contribution is -2.46. The van der Waals surface area contributed by atoms with Crippen molar-refractivity contribution in [1.82, 2.24) is 10.2 Å². The summed E-state index contributed by atoms with van der Waals surface area (Å²) in [4.78, 5) is 14.1. The summed E-state index contributed by atoms with van der Waals surface area (Å²) in [5.41, 5.74) is 0.109. The fraction of sp³-hybridized carbons (Fsp3) is 0.929. The lowest BCUT2D eigenvalue weighted by molar-refractivity contribution is -0.146. The minimum absolute atomic E-state index is 0.0653. The number of hydrogen-bond acceptors (Lipinski definition) is 4. The van der Waals surface area contributed by atoms with Gasteiger partial charge in [-0.1, -0.05) is 13.3 Å². The Morgan fingerprint density at radius 2 is 2.22 bits per heavy atom. The predicted octanol–water partition coefficient (Wildman–Crippen LogP) is 1.26. The highest BCUT2D eigenvalue weighted by molar-refractivity contribution is 5.71. The number of rotatable bonds is 5. The lowest BCUT2D eigenvalue weighted by Gasteiger charge is -2.34. The van der Waals surface area contributed by atoms with Gasteiger partial charge in [-0.3, -0.25) is 9.69 Å². The maximum absolute atomic E-state index is 11.8. The van der Waals surface area contributed by atoms with Gasteiger partial charge in [0.1, 0.15) is 0 Å². The Hall–Kier alpha value is -0.610. The van der Waals surface area contributed by atoms with Gasteiger partial charge in [-0.05, 0) is 38.6 Å². The van der Waals surface area contributed by atoms with Crippen molar-refractivity contribution in [2.75, 3.05) is 32.8 Å². The highest BCUT2D eigenvalue weighted by Crippen LogP contribution is 2.40.